The molecule has 1 saturated heterocycles. The van der Waals surface area contributed by atoms with E-state index in [1.54, 1.807) is 6.07 Å². The molecule has 1 aliphatic rings. The van der Waals surface area contributed by atoms with Crippen molar-refractivity contribution in [3.8, 4) is 5.75 Å². The molecule has 0 radical (unpaired) electrons. The van der Waals surface area contributed by atoms with Crippen LogP contribution in [0.1, 0.15) is 32.6 Å². The van der Waals surface area contributed by atoms with E-state index >= 15 is 0 Å². The van der Waals surface area contributed by atoms with E-state index in [1.807, 2.05) is 0 Å². The molecule has 1 aromatic rings. The lowest BCUT2D eigenvalue weighted by atomic mass is 10.2. The molecule has 0 aromatic heterocycles. The number of benzene rings is 1. The topological polar surface area (TPSA) is 27.7 Å². The van der Waals surface area contributed by atoms with Gasteiger partial charge in [-0.2, -0.15) is 0 Å². The van der Waals surface area contributed by atoms with Gasteiger partial charge in [-0.15, -0.1) is 0 Å². The van der Waals surface area contributed by atoms with E-state index in [1.165, 1.54) is 12.1 Å². The van der Waals surface area contributed by atoms with E-state index in [0.29, 0.717) is 24.5 Å². The summed E-state index contributed by atoms with van der Waals surface area (Å²) in [5, 5.41) is 0.0794. The highest BCUT2D eigenvalue weighted by molar-refractivity contribution is 6.74. The van der Waals surface area contributed by atoms with Gasteiger partial charge >= 0.3 is 0 Å². The minimum atomic E-state index is -1.98. The molecule has 1 aliphatic heterocycles. The maximum absolute atomic E-state index is 13.5. The fraction of sp³-hybridized carbons (Fsp3) is 0.600. The number of ether oxygens (including phenoxy) is 2. The van der Waals surface area contributed by atoms with Crippen molar-refractivity contribution in [3.05, 3.63) is 29.6 Å². The molecule has 0 saturated carbocycles. The Morgan fingerprint density at radius 1 is 1.20 bits per heavy atom. The van der Waals surface area contributed by atoms with Crippen molar-refractivity contribution >= 4 is 8.32 Å². The summed E-state index contributed by atoms with van der Waals surface area (Å²) in [4.78, 5) is 0. The molecule has 0 unspecified atom stereocenters. The molecule has 2 rings (SSSR count). The molecule has 3 nitrogen and oxygen atoms in total. The summed E-state index contributed by atoms with van der Waals surface area (Å²) in [5.74, 6) is 0.367. The van der Waals surface area contributed by atoms with E-state index in [9.17, 15) is 4.39 Å². The van der Waals surface area contributed by atoms with Crippen LogP contribution in [0.4, 0.5) is 4.39 Å². The van der Waals surface area contributed by atoms with Crippen LogP contribution in [0, 0.1) is 5.82 Å². The number of rotatable bonds is 3. The van der Waals surface area contributed by atoms with Gasteiger partial charge in [0.05, 0.1) is 18.8 Å². The summed E-state index contributed by atoms with van der Waals surface area (Å²) in [6.45, 7) is 11.9. The smallest absolute Gasteiger partial charge is 0.250 e. The van der Waals surface area contributed by atoms with Gasteiger partial charge < -0.3 is 13.9 Å². The van der Waals surface area contributed by atoms with E-state index in [4.69, 9.17) is 13.9 Å². The van der Waals surface area contributed by atoms with E-state index in [2.05, 4.69) is 33.9 Å². The largest absolute Gasteiger partial charge is 0.543 e. The Morgan fingerprint density at radius 3 is 2.35 bits per heavy atom. The molecule has 0 spiro atoms. The van der Waals surface area contributed by atoms with Crippen LogP contribution >= 0.6 is 0 Å². The first-order chi connectivity index (χ1) is 9.21. The third-order valence-electron chi connectivity index (χ3n) is 4.02. The third kappa shape index (κ3) is 3.21. The van der Waals surface area contributed by atoms with Crippen LogP contribution in [-0.2, 0) is 9.47 Å². The van der Waals surface area contributed by atoms with Crippen LogP contribution in [0.3, 0.4) is 0 Å². The van der Waals surface area contributed by atoms with Gasteiger partial charge in [0.25, 0.3) is 0 Å². The first kappa shape index (κ1) is 15.5. The fourth-order valence-corrected chi connectivity index (χ4v) is 2.80. The highest BCUT2D eigenvalue weighted by Gasteiger charge is 2.40. The monoisotopic (exact) mass is 298 g/mol. The lowest BCUT2D eigenvalue weighted by molar-refractivity contribution is -0.0452. The fourth-order valence-electron chi connectivity index (χ4n) is 1.76. The molecule has 5 heteroatoms. The first-order valence-electron chi connectivity index (χ1n) is 6.92. The quantitative estimate of drug-likeness (QED) is 0.781. The molecular formula is C15H23FO3Si. The standard InChI is InChI=1S/C15H23FO3Si/c1-15(2,3)20(4,5)19-13-7-6-11(16)10-12(13)14-17-8-9-18-14/h6-7,10,14H,8-9H2,1-5H3. The number of hydrogen-bond donors (Lipinski definition) is 0. The summed E-state index contributed by atoms with van der Waals surface area (Å²) in [6, 6.07) is 4.54. The van der Waals surface area contributed by atoms with Crippen molar-refractivity contribution in [2.75, 3.05) is 13.2 Å². The van der Waals surface area contributed by atoms with Gasteiger partial charge in [0.15, 0.2) is 6.29 Å². The summed E-state index contributed by atoms with van der Waals surface area (Å²) in [5.41, 5.74) is 0.646. The molecule has 0 aliphatic carbocycles. The zero-order valence-electron chi connectivity index (χ0n) is 12.8. The summed E-state index contributed by atoms with van der Waals surface area (Å²) in [6.07, 6.45) is -0.523. The van der Waals surface area contributed by atoms with Gasteiger partial charge in [-0.25, -0.2) is 4.39 Å². The Balaban J connectivity index is 2.32. The zero-order valence-corrected chi connectivity index (χ0v) is 13.8. The van der Waals surface area contributed by atoms with Gasteiger partial charge in [0, 0.05) is 0 Å². The average molecular weight is 298 g/mol. The van der Waals surface area contributed by atoms with Gasteiger partial charge in [-0.05, 0) is 36.3 Å². The SMILES string of the molecule is CC(C)(C)[Si](C)(C)Oc1ccc(F)cc1C1OCCO1. The minimum absolute atomic E-state index is 0.0794. The van der Waals surface area contributed by atoms with Crippen molar-refractivity contribution < 1.29 is 18.3 Å². The second-order valence-electron chi connectivity index (χ2n) is 6.62. The Labute approximate surface area is 121 Å². The van der Waals surface area contributed by atoms with Crippen LogP contribution in [0.15, 0.2) is 18.2 Å². The Kier molecular flexibility index (Phi) is 4.23. The van der Waals surface area contributed by atoms with E-state index in [-0.39, 0.29) is 10.9 Å². The summed E-state index contributed by atoms with van der Waals surface area (Å²) < 4.78 is 30.8. The molecule has 1 fully saturated rings. The molecule has 1 heterocycles. The predicted octanol–water partition coefficient (Wildman–Crippen LogP) is 4.26. The van der Waals surface area contributed by atoms with Crippen molar-refractivity contribution in [1.82, 2.24) is 0 Å². The Bertz CT molecular complexity index is 476. The highest BCUT2D eigenvalue weighted by Crippen LogP contribution is 2.40. The number of halogens is 1. The molecule has 0 bridgehead atoms. The average Bonchev–Trinajstić information content (AvgIpc) is 2.83. The number of hydrogen-bond acceptors (Lipinski definition) is 3. The second kappa shape index (κ2) is 5.46. The Hall–Kier alpha value is -0.913. The second-order valence-corrected chi connectivity index (χ2v) is 11.3. The van der Waals surface area contributed by atoms with Crippen molar-refractivity contribution in [3.63, 3.8) is 0 Å². The van der Waals surface area contributed by atoms with Crippen LogP contribution < -0.4 is 4.43 Å². The molecule has 1 aromatic carbocycles. The van der Waals surface area contributed by atoms with Crippen molar-refractivity contribution in [1.29, 1.82) is 0 Å². The van der Waals surface area contributed by atoms with Gasteiger partial charge in [-0.3, -0.25) is 0 Å². The van der Waals surface area contributed by atoms with Crippen LogP contribution in [0.25, 0.3) is 0 Å². The maximum Gasteiger partial charge on any atom is 0.250 e. The van der Waals surface area contributed by atoms with E-state index in [0.717, 1.165) is 0 Å². The maximum atomic E-state index is 13.5. The highest BCUT2D eigenvalue weighted by atomic mass is 28.4. The lowest BCUT2D eigenvalue weighted by Crippen LogP contribution is -2.44. The summed E-state index contributed by atoms with van der Waals surface area (Å²) in [7, 11) is -1.98. The van der Waals surface area contributed by atoms with Crippen LogP contribution in [0.2, 0.25) is 18.1 Å². The van der Waals surface area contributed by atoms with Crippen LogP contribution in [0.5, 0.6) is 5.75 Å². The molecule has 0 N–H and O–H groups in total. The molecule has 0 atom stereocenters. The minimum Gasteiger partial charge on any atom is -0.543 e. The molecular weight excluding hydrogens is 275 g/mol. The molecule has 112 valence electrons. The normalized spacial score (nSPS) is 17.5. The van der Waals surface area contributed by atoms with Crippen molar-refractivity contribution in [2.45, 2.75) is 45.2 Å². The van der Waals surface area contributed by atoms with Gasteiger partial charge in [-0.1, -0.05) is 20.8 Å². The zero-order chi connectivity index (χ0) is 15.0. The third-order valence-corrected chi connectivity index (χ3v) is 8.36. The lowest BCUT2D eigenvalue weighted by Gasteiger charge is -2.37. The van der Waals surface area contributed by atoms with Gasteiger partial charge in [0.1, 0.15) is 11.6 Å². The molecule has 0 amide bonds. The van der Waals surface area contributed by atoms with Gasteiger partial charge in [0.2, 0.25) is 8.32 Å². The van der Waals surface area contributed by atoms with E-state index < -0.39 is 14.6 Å². The van der Waals surface area contributed by atoms with Crippen LogP contribution in [-0.4, -0.2) is 21.5 Å². The predicted molar refractivity (Wildman–Crippen MR) is 78.9 cm³/mol. The van der Waals surface area contributed by atoms with Crippen molar-refractivity contribution in [2.24, 2.45) is 0 Å². The molecule has 20 heavy (non-hydrogen) atoms. The summed E-state index contributed by atoms with van der Waals surface area (Å²) >= 11 is 0. The Morgan fingerprint density at radius 2 is 1.80 bits per heavy atom. The first-order valence-corrected chi connectivity index (χ1v) is 9.83.